The molecule has 0 saturated heterocycles. The van der Waals surface area contributed by atoms with Gasteiger partial charge in [-0.1, -0.05) is 41.2 Å². The summed E-state index contributed by atoms with van der Waals surface area (Å²) in [6.45, 7) is 19.5. The molecule has 0 heterocycles. The van der Waals surface area contributed by atoms with Gasteiger partial charge in [-0.15, -0.1) is 0 Å². The summed E-state index contributed by atoms with van der Waals surface area (Å²) < 4.78 is 0. The first-order valence-electron chi connectivity index (χ1n) is 14.1. The van der Waals surface area contributed by atoms with Crippen LogP contribution in [0.25, 0.3) is 0 Å². The molecule has 5 nitrogen and oxygen atoms in total. The number of fused-ring (bicyclic) bond motifs is 5. The largest absolute Gasteiger partial charge is 0.393 e. The summed E-state index contributed by atoms with van der Waals surface area (Å²) >= 11 is 0. The van der Waals surface area contributed by atoms with Crippen molar-refractivity contribution in [2.75, 3.05) is 0 Å². The maximum Gasteiger partial charge on any atom is 0.113 e. The minimum absolute atomic E-state index is 0.0138. The molecule has 0 aromatic carbocycles. The molecular formula is C30H52O5. The van der Waals surface area contributed by atoms with Gasteiger partial charge in [0, 0.05) is 0 Å². The van der Waals surface area contributed by atoms with Gasteiger partial charge >= 0.3 is 0 Å². The SMILES string of the molecule is C=C(C)[C@@H](CC[C@](C)(O)[C@H]1CC[C@]2(C)[C@@H]1[C@H](O)C[C@@H]1[C@@]3(C)CC[C@H](O)C(C)(C)[C@@H]3CC[C@]12C)OO. The van der Waals surface area contributed by atoms with Crippen molar-refractivity contribution < 1.29 is 25.5 Å². The average molecular weight is 493 g/mol. The average Bonchev–Trinajstić information content (AvgIpc) is 3.14. The quantitative estimate of drug-likeness (QED) is 0.208. The summed E-state index contributed by atoms with van der Waals surface area (Å²) in [6.07, 6.45) is 6.69. The molecule has 4 aliphatic rings. The van der Waals surface area contributed by atoms with Crippen LogP contribution in [-0.4, -0.2) is 44.5 Å². The highest BCUT2D eigenvalue weighted by atomic mass is 17.1. The van der Waals surface area contributed by atoms with Crippen molar-refractivity contribution in [1.82, 2.24) is 0 Å². The van der Waals surface area contributed by atoms with Crippen LogP contribution in [0, 0.1) is 45.3 Å². The van der Waals surface area contributed by atoms with E-state index in [-0.39, 0.29) is 39.6 Å². The lowest BCUT2D eigenvalue weighted by molar-refractivity contribution is -0.272. The van der Waals surface area contributed by atoms with Crippen LogP contribution in [0.5, 0.6) is 0 Å². The lowest BCUT2D eigenvalue weighted by Crippen LogP contribution is -2.66. The molecule has 202 valence electrons. The van der Waals surface area contributed by atoms with Gasteiger partial charge in [0.15, 0.2) is 0 Å². The first kappa shape index (κ1) is 27.6. The summed E-state index contributed by atoms with van der Waals surface area (Å²) in [7, 11) is 0. The fourth-order valence-electron chi connectivity index (χ4n) is 10.4. The van der Waals surface area contributed by atoms with Crippen LogP contribution in [0.15, 0.2) is 12.2 Å². The molecule has 4 fully saturated rings. The van der Waals surface area contributed by atoms with Crippen LogP contribution in [0.3, 0.4) is 0 Å². The lowest BCUT2D eigenvalue weighted by atomic mass is 9.35. The van der Waals surface area contributed by atoms with Crippen LogP contribution < -0.4 is 0 Å². The molecule has 35 heavy (non-hydrogen) atoms. The fourth-order valence-corrected chi connectivity index (χ4v) is 10.4. The highest BCUT2D eigenvalue weighted by Crippen LogP contribution is 2.75. The highest BCUT2D eigenvalue weighted by Gasteiger charge is 2.71. The zero-order valence-corrected chi connectivity index (χ0v) is 23.3. The summed E-state index contributed by atoms with van der Waals surface area (Å²) in [4.78, 5) is 4.61. The van der Waals surface area contributed by atoms with Gasteiger partial charge in [0.2, 0.25) is 0 Å². The third-order valence-electron chi connectivity index (χ3n) is 12.8. The molecule has 0 radical (unpaired) electrons. The molecular weight excluding hydrogens is 440 g/mol. The van der Waals surface area contributed by atoms with Crippen LogP contribution in [0.4, 0.5) is 0 Å². The van der Waals surface area contributed by atoms with Gasteiger partial charge in [-0.3, -0.25) is 5.26 Å². The Kier molecular flexibility index (Phi) is 6.93. The predicted molar refractivity (Wildman–Crippen MR) is 139 cm³/mol. The van der Waals surface area contributed by atoms with Crippen LogP contribution in [0.1, 0.15) is 106 Å². The van der Waals surface area contributed by atoms with Crippen molar-refractivity contribution in [2.45, 2.75) is 130 Å². The van der Waals surface area contributed by atoms with Gasteiger partial charge in [-0.05, 0) is 123 Å². The van der Waals surface area contributed by atoms with Crippen LogP contribution in [-0.2, 0) is 4.89 Å². The standard InChI is InChI=1S/C30H52O5/c1-18(2)21(35-34)10-16-30(8,33)19-9-14-29(7)25(19)20(31)17-23-27(5)13-12-24(32)26(3,4)22(27)11-15-28(23,29)6/h19-25,31-34H,1,9-17H2,2-8H3/t19-,20+,21+,22-,23+,24-,25-,27-,28+,29+,30-/m0/s1. The summed E-state index contributed by atoms with van der Waals surface area (Å²) in [5, 5.41) is 43.6. The maximum atomic E-state index is 11.8. The fraction of sp³-hybridized carbons (Fsp3) is 0.933. The molecule has 11 atom stereocenters. The Labute approximate surface area is 213 Å². The minimum Gasteiger partial charge on any atom is -0.393 e. The van der Waals surface area contributed by atoms with Crippen molar-refractivity contribution in [3.05, 3.63) is 12.2 Å². The van der Waals surface area contributed by atoms with E-state index in [1.807, 2.05) is 13.8 Å². The normalized spacial score (nSPS) is 49.3. The first-order chi connectivity index (χ1) is 16.1. The Morgan fingerprint density at radius 3 is 2.23 bits per heavy atom. The van der Waals surface area contributed by atoms with Crippen molar-refractivity contribution in [3.63, 3.8) is 0 Å². The number of hydrogen-bond donors (Lipinski definition) is 4. The molecule has 4 rings (SSSR count). The number of aliphatic hydroxyl groups is 3. The monoisotopic (exact) mass is 492 g/mol. The predicted octanol–water partition coefficient (Wildman–Crippen LogP) is 5.97. The second-order valence-corrected chi connectivity index (χ2v) is 14.7. The smallest absolute Gasteiger partial charge is 0.113 e. The van der Waals surface area contributed by atoms with Crippen molar-refractivity contribution >= 4 is 0 Å². The van der Waals surface area contributed by atoms with E-state index in [4.69, 9.17) is 0 Å². The zero-order chi connectivity index (χ0) is 26.2. The molecule has 4 aliphatic carbocycles. The van der Waals surface area contributed by atoms with Gasteiger partial charge in [0.1, 0.15) is 6.10 Å². The van der Waals surface area contributed by atoms with Crippen LogP contribution in [0.2, 0.25) is 0 Å². The summed E-state index contributed by atoms with van der Waals surface area (Å²) in [6, 6.07) is 0. The number of rotatable bonds is 6. The molecule has 0 aromatic heterocycles. The van der Waals surface area contributed by atoms with E-state index in [1.54, 1.807) is 0 Å². The topological polar surface area (TPSA) is 90.2 Å². The molecule has 0 aromatic rings. The second kappa shape index (κ2) is 8.80. The molecule has 4 saturated carbocycles. The van der Waals surface area contributed by atoms with E-state index < -0.39 is 17.8 Å². The van der Waals surface area contributed by atoms with E-state index in [2.05, 4.69) is 46.1 Å². The minimum atomic E-state index is -0.948. The molecule has 0 aliphatic heterocycles. The van der Waals surface area contributed by atoms with E-state index in [0.29, 0.717) is 24.7 Å². The Morgan fingerprint density at radius 1 is 1.00 bits per heavy atom. The molecule has 0 unspecified atom stereocenters. The van der Waals surface area contributed by atoms with Gasteiger partial charge in [0.05, 0.1) is 17.8 Å². The highest BCUT2D eigenvalue weighted by molar-refractivity contribution is 5.20. The van der Waals surface area contributed by atoms with Crippen molar-refractivity contribution in [1.29, 1.82) is 0 Å². The number of aliphatic hydroxyl groups excluding tert-OH is 2. The van der Waals surface area contributed by atoms with Gasteiger partial charge in [-0.2, -0.15) is 0 Å². The Bertz CT molecular complexity index is 822. The molecule has 0 amide bonds. The van der Waals surface area contributed by atoms with E-state index in [0.717, 1.165) is 50.5 Å². The van der Waals surface area contributed by atoms with Crippen LogP contribution >= 0.6 is 0 Å². The molecule has 0 bridgehead atoms. The van der Waals surface area contributed by atoms with Crippen molar-refractivity contribution in [3.8, 4) is 0 Å². The van der Waals surface area contributed by atoms with E-state index in [9.17, 15) is 20.6 Å². The first-order valence-corrected chi connectivity index (χ1v) is 14.1. The van der Waals surface area contributed by atoms with Gasteiger partial charge < -0.3 is 15.3 Å². The number of hydrogen-bond acceptors (Lipinski definition) is 5. The Balaban J connectivity index is 1.63. The third-order valence-corrected chi connectivity index (χ3v) is 12.8. The molecule has 0 spiro atoms. The second-order valence-electron chi connectivity index (χ2n) is 14.7. The van der Waals surface area contributed by atoms with E-state index in [1.165, 1.54) is 0 Å². The molecule has 4 N–H and O–H groups in total. The maximum absolute atomic E-state index is 11.8. The third kappa shape index (κ3) is 3.90. The summed E-state index contributed by atoms with van der Waals surface area (Å²) in [5.41, 5.74) is -0.139. The van der Waals surface area contributed by atoms with Crippen molar-refractivity contribution in [2.24, 2.45) is 45.3 Å². The van der Waals surface area contributed by atoms with Gasteiger partial charge in [-0.25, -0.2) is 4.89 Å². The Morgan fingerprint density at radius 2 is 1.63 bits per heavy atom. The van der Waals surface area contributed by atoms with E-state index >= 15 is 0 Å². The Hall–Kier alpha value is -0.460. The molecule has 5 heteroatoms. The summed E-state index contributed by atoms with van der Waals surface area (Å²) in [5.74, 6) is 0.942. The lowest BCUT2D eigenvalue weighted by Gasteiger charge is -2.70. The van der Waals surface area contributed by atoms with Gasteiger partial charge in [0.25, 0.3) is 0 Å². The zero-order valence-electron chi connectivity index (χ0n) is 23.3.